The Hall–Kier alpha value is -0.390. The number of aryl methyl sites for hydroxylation is 1. The molecule has 0 fully saturated rings. The van der Waals surface area contributed by atoms with Crippen molar-refractivity contribution in [2.75, 3.05) is 0 Å². The standard InChI is InChI=1S/C5H5IN2O/c1-3-2-4(9)7-8-5(3)6/h2H,1H3,(H,7,9). The molecule has 9 heavy (non-hydrogen) atoms. The molecule has 0 unspecified atom stereocenters. The maximum atomic E-state index is 10.5. The minimum Gasteiger partial charge on any atom is -0.268 e. The molecule has 1 aromatic heterocycles. The molecule has 0 amide bonds. The Kier molecular flexibility index (Phi) is 1.84. The fourth-order valence-corrected chi connectivity index (χ4v) is 0.757. The summed E-state index contributed by atoms with van der Waals surface area (Å²) in [6.07, 6.45) is 0. The van der Waals surface area contributed by atoms with E-state index < -0.39 is 0 Å². The summed E-state index contributed by atoms with van der Waals surface area (Å²) in [6, 6.07) is 1.52. The maximum absolute atomic E-state index is 10.5. The van der Waals surface area contributed by atoms with Gasteiger partial charge < -0.3 is 0 Å². The van der Waals surface area contributed by atoms with E-state index in [0.29, 0.717) is 0 Å². The number of hydrogen-bond donors (Lipinski definition) is 1. The van der Waals surface area contributed by atoms with Crippen molar-refractivity contribution in [3.63, 3.8) is 0 Å². The van der Waals surface area contributed by atoms with Crippen LogP contribution in [-0.4, -0.2) is 10.2 Å². The summed E-state index contributed by atoms with van der Waals surface area (Å²) in [6.45, 7) is 1.85. The zero-order valence-corrected chi connectivity index (χ0v) is 6.97. The van der Waals surface area contributed by atoms with Crippen LogP contribution in [0.15, 0.2) is 10.9 Å². The molecule has 1 rings (SSSR count). The van der Waals surface area contributed by atoms with Gasteiger partial charge in [0.25, 0.3) is 5.56 Å². The summed E-state index contributed by atoms with van der Waals surface area (Å²) in [5, 5.41) is 6.05. The Morgan fingerprint density at radius 1 is 1.78 bits per heavy atom. The molecule has 0 aromatic carbocycles. The number of aromatic nitrogens is 2. The van der Waals surface area contributed by atoms with Gasteiger partial charge in [-0.1, -0.05) is 0 Å². The predicted molar refractivity (Wildman–Crippen MR) is 42.3 cm³/mol. The van der Waals surface area contributed by atoms with Crippen LogP contribution in [0.1, 0.15) is 5.56 Å². The first-order chi connectivity index (χ1) is 4.20. The smallest absolute Gasteiger partial charge is 0.264 e. The van der Waals surface area contributed by atoms with Crippen molar-refractivity contribution in [2.45, 2.75) is 6.92 Å². The van der Waals surface area contributed by atoms with Gasteiger partial charge in [0.2, 0.25) is 0 Å². The molecule has 1 heterocycles. The fraction of sp³-hybridized carbons (Fsp3) is 0.200. The molecular weight excluding hydrogens is 231 g/mol. The lowest BCUT2D eigenvalue weighted by molar-refractivity contribution is 0.946. The van der Waals surface area contributed by atoms with E-state index in [0.717, 1.165) is 9.26 Å². The van der Waals surface area contributed by atoms with Crippen molar-refractivity contribution in [2.24, 2.45) is 0 Å². The molecular formula is C5H5IN2O. The first-order valence-corrected chi connectivity index (χ1v) is 3.50. The van der Waals surface area contributed by atoms with Crippen molar-refractivity contribution in [1.82, 2.24) is 10.2 Å². The van der Waals surface area contributed by atoms with Gasteiger partial charge in [0.1, 0.15) is 3.70 Å². The van der Waals surface area contributed by atoms with Crippen LogP contribution in [0.5, 0.6) is 0 Å². The van der Waals surface area contributed by atoms with E-state index in [1.54, 1.807) is 0 Å². The van der Waals surface area contributed by atoms with Gasteiger partial charge in [0.15, 0.2) is 0 Å². The van der Waals surface area contributed by atoms with Crippen LogP contribution in [0.25, 0.3) is 0 Å². The minimum absolute atomic E-state index is 0.145. The Morgan fingerprint density at radius 3 is 2.89 bits per heavy atom. The summed E-state index contributed by atoms with van der Waals surface area (Å²) < 4.78 is 0.840. The molecule has 0 aliphatic heterocycles. The Morgan fingerprint density at radius 2 is 2.44 bits per heavy atom. The largest absolute Gasteiger partial charge is 0.268 e. The monoisotopic (exact) mass is 236 g/mol. The molecule has 0 bridgehead atoms. The zero-order chi connectivity index (χ0) is 6.85. The lowest BCUT2D eigenvalue weighted by Crippen LogP contribution is -2.08. The zero-order valence-electron chi connectivity index (χ0n) is 4.81. The van der Waals surface area contributed by atoms with Gasteiger partial charge in [-0.25, -0.2) is 5.10 Å². The van der Waals surface area contributed by atoms with E-state index in [1.165, 1.54) is 6.07 Å². The molecule has 0 spiro atoms. The highest BCUT2D eigenvalue weighted by Crippen LogP contribution is 2.01. The molecule has 0 aliphatic carbocycles. The molecule has 0 atom stereocenters. The average molecular weight is 236 g/mol. The van der Waals surface area contributed by atoms with Crippen molar-refractivity contribution >= 4 is 22.6 Å². The van der Waals surface area contributed by atoms with Crippen LogP contribution in [0, 0.1) is 10.6 Å². The Labute approximate surface area is 65.6 Å². The number of hydrogen-bond acceptors (Lipinski definition) is 2. The van der Waals surface area contributed by atoms with Crippen LogP contribution >= 0.6 is 22.6 Å². The van der Waals surface area contributed by atoms with Gasteiger partial charge in [-0.15, -0.1) is 0 Å². The molecule has 0 aliphatic rings. The van der Waals surface area contributed by atoms with Gasteiger partial charge in [-0.2, -0.15) is 5.10 Å². The van der Waals surface area contributed by atoms with E-state index in [-0.39, 0.29) is 5.56 Å². The van der Waals surface area contributed by atoms with Crippen molar-refractivity contribution < 1.29 is 0 Å². The summed E-state index contributed by atoms with van der Waals surface area (Å²) >= 11 is 2.06. The molecule has 1 aromatic rings. The Balaban J connectivity index is 3.34. The molecule has 4 heteroatoms. The van der Waals surface area contributed by atoms with Crippen LogP contribution < -0.4 is 5.56 Å². The Bertz CT molecular complexity index is 268. The lowest BCUT2D eigenvalue weighted by Gasteiger charge is -1.90. The quantitative estimate of drug-likeness (QED) is 0.673. The number of rotatable bonds is 0. The number of aromatic amines is 1. The van der Waals surface area contributed by atoms with Crippen LogP contribution in [-0.2, 0) is 0 Å². The normalized spacial score (nSPS) is 9.56. The van der Waals surface area contributed by atoms with E-state index in [4.69, 9.17) is 0 Å². The second-order valence-electron chi connectivity index (χ2n) is 1.71. The number of H-pyrrole nitrogens is 1. The molecule has 1 N–H and O–H groups in total. The SMILES string of the molecule is Cc1cc(=O)[nH]nc1I. The number of halogens is 1. The maximum Gasteiger partial charge on any atom is 0.264 e. The van der Waals surface area contributed by atoms with Gasteiger partial charge in [0.05, 0.1) is 0 Å². The van der Waals surface area contributed by atoms with E-state index in [2.05, 4.69) is 32.8 Å². The second kappa shape index (κ2) is 2.47. The highest BCUT2D eigenvalue weighted by Gasteiger charge is 1.92. The van der Waals surface area contributed by atoms with Gasteiger partial charge >= 0.3 is 0 Å². The summed E-state index contributed by atoms with van der Waals surface area (Å²) in [4.78, 5) is 10.5. The number of nitrogens with one attached hydrogen (secondary N) is 1. The average Bonchev–Trinajstić information content (AvgIpc) is 1.80. The molecule has 3 nitrogen and oxygen atoms in total. The summed E-state index contributed by atoms with van der Waals surface area (Å²) in [5.41, 5.74) is 0.771. The minimum atomic E-state index is -0.145. The van der Waals surface area contributed by atoms with E-state index >= 15 is 0 Å². The molecule has 48 valence electrons. The van der Waals surface area contributed by atoms with E-state index in [9.17, 15) is 4.79 Å². The molecule has 0 radical (unpaired) electrons. The first-order valence-electron chi connectivity index (χ1n) is 2.42. The number of nitrogens with zero attached hydrogens (tertiary/aromatic N) is 1. The topological polar surface area (TPSA) is 45.8 Å². The third kappa shape index (κ3) is 1.51. The van der Waals surface area contributed by atoms with Crippen LogP contribution in [0.4, 0.5) is 0 Å². The van der Waals surface area contributed by atoms with Crippen molar-refractivity contribution in [1.29, 1.82) is 0 Å². The highest BCUT2D eigenvalue weighted by atomic mass is 127. The summed E-state index contributed by atoms with van der Waals surface area (Å²) in [5.74, 6) is 0. The molecule has 0 saturated carbocycles. The second-order valence-corrected chi connectivity index (χ2v) is 2.73. The third-order valence-corrected chi connectivity index (χ3v) is 2.03. The van der Waals surface area contributed by atoms with Crippen molar-refractivity contribution in [3.8, 4) is 0 Å². The van der Waals surface area contributed by atoms with Gasteiger partial charge in [-0.3, -0.25) is 4.79 Å². The molecule has 0 saturated heterocycles. The van der Waals surface area contributed by atoms with Gasteiger partial charge in [0, 0.05) is 6.07 Å². The predicted octanol–water partition coefficient (Wildman–Crippen LogP) is 0.683. The summed E-state index contributed by atoms with van der Waals surface area (Å²) in [7, 11) is 0. The third-order valence-electron chi connectivity index (χ3n) is 0.937. The fourth-order valence-electron chi connectivity index (χ4n) is 0.481. The lowest BCUT2D eigenvalue weighted by atomic mass is 10.4. The highest BCUT2D eigenvalue weighted by molar-refractivity contribution is 14.1. The van der Waals surface area contributed by atoms with Crippen molar-refractivity contribution in [3.05, 3.63) is 25.7 Å². The first kappa shape index (κ1) is 6.73. The van der Waals surface area contributed by atoms with Gasteiger partial charge in [-0.05, 0) is 35.1 Å². The van der Waals surface area contributed by atoms with Crippen LogP contribution in [0.2, 0.25) is 0 Å². The van der Waals surface area contributed by atoms with Crippen LogP contribution in [0.3, 0.4) is 0 Å². The van der Waals surface area contributed by atoms with E-state index in [1.807, 2.05) is 6.92 Å².